The van der Waals surface area contributed by atoms with E-state index >= 15 is 0 Å². The summed E-state index contributed by atoms with van der Waals surface area (Å²) in [5, 5.41) is 0. The van der Waals surface area contributed by atoms with Crippen molar-refractivity contribution in [3.63, 3.8) is 0 Å². The smallest absolute Gasteiger partial charge is 0.255 e. The molecule has 0 atom stereocenters. The normalized spacial score (nSPS) is 10.6. The first-order chi connectivity index (χ1) is 8.22. The maximum atomic E-state index is 11.9. The molecule has 0 aliphatic rings. The highest BCUT2D eigenvalue weighted by Gasteiger charge is 2.09. The van der Waals surface area contributed by atoms with Gasteiger partial charge in [-0.15, -0.1) is 0 Å². The van der Waals surface area contributed by atoms with E-state index in [4.69, 9.17) is 0 Å². The second kappa shape index (κ2) is 5.63. The fourth-order valence-corrected chi connectivity index (χ4v) is 3.11. The van der Waals surface area contributed by atoms with Crippen LogP contribution in [0.1, 0.15) is 5.56 Å². The van der Waals surface area contributed by atoms with Crippen molar-refractivity contribution in [2.75, 3.05) is 4.43 Å². The molecule has 1 aromatic heterocycles. The van der Waals surface area contributed by atoms with Crippen LogP contribution in [0.2, 0.25) is 0 Å². The first kappa shape index (κ1) is 12.6. The highest BCUT2D eigenvalue weighted by atomic mass is 127. The van der Waals surface area contributed by atoms with Gasteiger partial charge in [-0.2, -0.15) is 0 Å². The van der Waals surface area contributed by atoms with E-state index in [9.17, 15) is 9.59 Å². The second-order valence-electron chi connectivity index (χ2n) is 3.50. The van der Waals surface area contributed by atoms with Crippen LogP contribution in [0.5, 0.6) is 0 Å². The maximum Gasteiger partial charge on any atom is 0.341 e. The van der Waals surface area contributed by atoms with Crippen LogP contribution in [0.25, 0.3) is 0 Å². The summed E-state index contributed by atoms with van der Waals surface area (Å²) in [6.45, 7) is 0.949. The Hall–Kier alpha value is -0.890. The van der Waals surface area contributed by atoms with Gasteiger partial charge in [-0.05, 0) is 5.56 Å². The number of aryl methyl sites for hydroxylation is 1. The molecule has 0 spiro atoms. The molecule has 0 saturated carbocycles. The van der Waals surface area contributed by atoms with Gasteiger partial charge in [-0.3, -0.25) is 4.79 Å². The predicted octanol–water partition coefficient (Wildman–Crippen LogP) is 1.55. The zero-order chi connectivity index (χ0) is 12.3. The van der Waals surface area contributed by atoms with Gasteiger partial charge in [0.25, 0.3) is 0 Å². The van der Waals surface area contributed by atoms with Crippen LogP contribution >= 0.6 is 34.1 Å². The van der Waals surface area contributed by atoms with Gasteiger partial charge < -0.3 is 0 Å². The van der Waals surface area contributed by atoms with E-state index < -0.39 is 0 Å². The summed E-state index contributed by atoms with van der Waals surface area (Å²) in [6.07, 6.45) is 0. The lowest BCUT2D eigenvalue weighted by molar-refractivity contribution is 0.680. The van der Waals surface area contributed by atoms with Gasteiger partial charge in [-0.25, -0.2) is 13.3 Å². The van der Waals surface area contributed by atoms with Crippen molar-refractivity contribution in [1.29, 1.82) is 0 Å². The molecule has 6 heteroatoms. The molecule has 1 heterocycles. The van der Waals surface area contributed by atoms with E-state index in [2.05, 4.69) is 22.6 Å². The molecule has 2 rings (SSSR count). The number of halogens is 1. The lowest BCUT2D eigenvalue weighted by Gasteiger charge is -1.99. The van der Waals surface area contributed by atoms with Crippen molar-refractivity contribution in [3.8, 4) is 0 Å². The first-order valence-electron chi connectivity index (χ1n) is 5.13. The summed E-state index contributed by atoms with van der Waals surface area (Å²) in [4.78, 5) is 23.4. The summed E-state index contributed by atoms with van der Waals surface area (Å²) in [5.74, 6) is 0. The van der Waals surface area contributed by atoms with Gasteiger partial charge in [0.2, 0.25) is 0 Å². The second-order valence-corrected chi connectivity index (χ2v) is 5.55. The fourth-order valence-electron chi connectivity index (χ4n) is 1.51. The lowest BCUT2D eigenvalue weighted by Crippen LogP contribution is -2.29. The van der Waals surface area contributed by atoms with Gasteiger partial charge in [0.1, 0.15) is 0 Å². The van der Waals surface area contributed by atoms with E-state index in [1.807, 2.05) is 30.3 Å². The Labute approximate surface area is 116 Å². The van der Waals surface area contributed by atoms with Gasteiger partial charge in [0.15, 0.2) is 0 Å². The minimum absolute atomic E-state index is 0.191. The first-order valence-corrected chi connectivity index (χ1v) is 7.43. The van der Waals surface area contributed by atoms with Crippen LogP contribution in [0.15, 0.2) is 39.9 Å². The molecule has 0 N–H and O–H groups in total. The molecule has 4 nitrogen and oxygen atoms in total. The van der Waals surface area contributed by atoms with Gasteiger partial charge in [-0.1, -0.05) is 52.9 Å². The molecule has 0 saturated heterocycles. The number of hydrogen-bond donors (Lipinski definition) is 0. The Morgan fingerprint density at radius 2 is 1.88 bits per heavy atom. The molecule has 0 unspecified atom stereocenters. The number of nitrogens with zero attached hydrogens (tertiary/aromatic N) is 2. The summed E-state index contributed by atoms with van der Waals surface area (Å²) in [7, 11) is 0. The summed E-state index contributed by atoms with van der Waals surface area (Å²) < 4.78 is 3.62. The summed E-state index contributed by atoms with van der Waals surface area (Å²) >= 11 is 3.18. The van der Waals surface area contributed by atoms with E-state index in [1.165, 1.54) is 8.52 Å². The largest absolute Gasteiger partial charge is 0.341 e. The van der Waals surface area contributed by atoms with Crippen LogP contribution in [0, 0.1) is 0 Å². The molecule has 0 radical (unpaired) electrons. The molecule has 0 aliphatic carbocycles. The number of rotatable bonds is 4. The lowest BCUT2D eigenvalue weighted by atomic mass is 10.2. The van der Waals surface area contributed by atoms with Crippen LogP contribution in [0.4, 0.5) is 0 Å². The molecule has 0 amide bonds. The summed E-state index contributed by atoms with van der Waals surface area (Å²) in [6, 6.07) is 9.53. The van der Waals surface area contributed by atoms with E-state index in [-0.39, 0.29) is 10.6 Å². The Balaban J connectivity index is 2.34. The number of alkyl halides is 1. The highest BCUT2D eigenvalue weighted by molar-refractivity contribution is 14.1. The van der Waals surface area contributed by atoms with Crippen molar-refractivity contribution in [2.24, 2.45) is 0 Å². The minimum atomic E-state index is -0.208. The SMILES string of the molecule is O=c1sn(CCI)c(=O)n1Cc1ccccc1. The average molecular weight is 362 g/mol. The number of hydrogen-bond acceptors (Lipinski definition) is 3. The molecular weight excluding hydrogens is 351 g/mol. The van der Waals surface area contributed by atoms with E-state index in [0.717, 1.165) is 21.5 Å². The van der Waals surface area contributed by atoms with E-state index in [1.54, 1.807) is 0 Å². The minimum Gasteiger partial charge on any atom is -0.255 e. The number of benzene rings is 1. The molecule has 0 fully saturated rings. The monoisotopic (exact) mass is 362 g/mol. The fraction of sp³-hybridized carbons (Fsp3) is 0.273. The predicted molar refractivity (Wildman–Crippen MR) is 77.3 cm³/mol. The van der Waals surface area contributed by atoms with Crippen molar-refractivity contribution >= 4 is 34.1 Å². The molecule has 2 aromatic rings. The van der Waals surface area contributed by atoms with Crippen LogP contribution in [0.3, 0.4) is 0 Å². The number of aromatic nitrogens is 2. The van der Waals surface area contributed by atoms with Crippen molar-refractivity contribution in [2.45, 2.75) is 13.1 Å². The Kier molecular flexibility index (Phi) is 4.16. The Morgan fingerprint density at radius 1 is 1.18 bits per heavy atom. The molecular formula is C11H11IN2O2S. The van der Waals surface area contributed by atoms with E-state index in [0.29, 0.717) is 13.1 Å². The molecule has 17 heavy (non-hydrogen) atoms. The standard InChI is InChI=1S/C11H11IN2O2S/c12-6-7-14-10(15)13(11(16)17-14)8-9-4-2-1-3-5-9/h1-5H,6-8H2. The van der Waals surface area contributed by atoms with Gasteiger partial charge >= 0.3 is 10.6 Å². The maximum absolute atomic E-state index is 11.9. The molecule has 0 aliphatic heterocycles. The van der Waals surface area contributed by atoms with Crippen molar-refractivity contribution < 1.29 is 0 Å². The topological polar surface area (TPSA) is 44.0 Å². The Morgan fingerprint density at radius 3 is 2.53 bits per heavy atom. The quantitative estimate of drug-likeness (QED) is 0.612. The third-order valence-electron chi connectivity index (χ3n) is 2.32. The summed E-state index contributed by atoms with van der Waals surface area (Å²) in [5.41, 5.74) is 0.756. The van der Waals surface area contributed by atoms with Crippen molar-refractivity contribution in [3.05, 3.63) is 56.0 Å². The average Bonchev–Trinajstić information content (AvgIpc) is 2.59. The molecule has 0 bridgehead atoms. The van der Waals surface area contributed by atoms with Crippen molar-refractivity contribution in [1.82, 2.24) is 8.52 Å². The van der Waals surface area contributed by atoms with Crippen LogP contribution in [-0.2, 0) is 13.1 Å². The van der Waals surface area contributed by atoms with Crippen LogP contribution < -0.4 is 10.6 Å². The zero-order valence-corrected chi connectivity index (χ0v) is 12.0. The highest BCUT2D eigenvalue weighted by Crippen LogP contribution is 2.00. The van der Waals surface area contributed by atoms with Crippen LogP contribution in [-0.4, -0.2) is 13.0 Å². The zero-order valence-electron chi connectivity index (χ0n) is 9.01. The van der Waals surface area contributed by atoms with Gasteiger partial charge in [0, 0.05) is 22.5 Å². The van der Waals surface area contributed by atoms with Gasteiger partial charge in [0.05, 0.1) is 6.54 Å². The molecule has 1 aromatic carbocycles. The Bertz CT molecular complexity index is 600. The third-order valence-corrected chi connectivity index (χ3v) is 3.74. The third kappa shape index (κ3) is 2.86. The molecule has 90 valence electrons.